The van der Waals surface area contributed by atoms with Crippen LogP contribution in [0.4, 0.5) is 5.13 Å². The number of hydrogen-bond acceptors (Lipinski definition) is 6. The molecule has 102 valence electrons. The average Bonchev–Trinajstić information content (AvgIpc) is 2.62. The van der Waals surface area contributed by atoms with E-state index in [9.17, 15) is 8.42 Å². The molecule has 1 aromatic rings. The fourth-order valence-corrected chi connectivity index (χ4v) is 4.94. The number of sulfonamides is 1. The largest absolute Gasteiger partial charge is 0.375 e. The van der Waals surface area contributed by atoms with Crippen molar-refractivity contribution in [2.75, 3.05) is 32.4 Å². The number of anilines is 1. The number of nitrogens with two attached hydrogens (primary N) is 1. The van der Waals surface area contributed by atoms with Crippen molar-refractivity contribution in [3.05, 3.63) is 5.69 Å². The minimum atomic E-state index is -3.45. The number of nitrogens with zero attached hydrogens (tertiary/aromatic N) is 3. The first-order valence-electron chi connectivity index (χ1n) is 5.75. The maximum Gasteiger partial charge on any atom is 0.254 e. The van der Waals surface area contributed by atoms with Crippen LogP contribution in [0.5, 0.6) is 0 Å². The molecule has 0 bridgehead atoms. The SMILES string of the molecule is Cc1nc(N)sc1S(=O)(=O)N1CCN(C)C(C)C1. The Hall–Kier alpha value is -0.700. The van der Waals surface area contributed by atoms with Gasteiger partial charge in [0.1, 0.15) is 0 Å². The lowest BCUT2D eigenvalue weighted by Gasteiger charge is -2.36. The second-order valence-corrected chi connectivity index (χ2v) is 7.78. The second-order valence-electron chi connectivity index (χ2n) is 4.62. The molecule has 18 heavy (non-hydrogen) atoms. The van der Waals surface area contributed by atoms with Gasteiger partial charge < -0.3 is 10.6 Å². The third-order valence-electron chi connectivity index (χ3n) is 3.27. The molecule has 2 heterocycles. The predicted molar refractivity (Wildman–Crippen MR) is 72.1 cm³/mol. The summed E-state index contributed by atoms with van der Waals surface area (Å²) < 4.78 is 26.8. The normalized spacial score (nSPS) is 23.4. The Kier molecular flexibility index (Phi) is 3.63. The van der Waals surface area contributed by atoms with E-state index in [0.717, 1.165) is 17.9 Å². The van der Waals surface area contributed by atoms with E-state index in [0.29, 0.717) is 23.9 Å². The zero-order valence-electron chi connectivity index (χ0n) is 10.8. The topological polar surface area (TPSA) is 79.5 Å². The van der Waals surface area contributed by atoms with Crippen LogP contribution < -0.4 is 5.73 Å². The zero-order chi connectivity index (χ0) is 13.5. The standard InChI is InChI=1S/C10H18N4O2S2/c1-7-6-14(5-4-13(7)3)18(15,16)9-8(2)12-10(11)17-9/h7H,4-6H2,1-3H3,(H2,11,12). The van der Waals surface area contributed by atoms with E-state index in [1.54, 1.807) is 6.92 Å². The first-order valence-corrected chi connectivity index (χ1v) is 8.01. The molecule has 1 saturated heterocycles. The van der Waals surface area contributed by atoms with Crippen LogP contribution in [0, 0.1) is 6.92 Å². The maximum absolute atomic E-state index is 12.5. The molecular weight excluding hydrogens is 272 g/mol. The molecule has 0 spiro atoms. The van der Waals surface area contributed by atoms with Crippen LogP contribution >= 0.6 is 11.3 Å². The third kappa shape index (κ3) is 2.37. The minimum absolute atomic E-state index is 0.221. The molecular formula is C10H18N4O2S2. The van der Waals surface area contributed by atoms with Crippen molar-refractivity contribution in [1.29, 1.82) is 0 Å². The molecule has 1 aliphatic rings. The highest BCUT2D eigenvalue weighted by Gasteiger charge is 2.33. The van der Waals surface area contributed by atoms with Gasteiger partial charge in [-0.3, -0.25) is 0 Å². The van der Waals surface area contributed by atoms with Crippen molar-refractivity contribution >= 4 is 26.5 Å². The van der Waals surface area contributed by atoms with Gasteiger partial charge in [-0.15, -0.1) is 0 Å². The summed E-state index contributed by atoms with van der Waals surface area (Å²) in [7, 11) is -1.44. The lowest BCUT2D eigenvalue weighted by molar-refractivity contribution is 0.160. The number of aromatic nitrogens is 1. The third-order valence-corrected chi connectivity index (χ3v) is 6.71. The molecule has 8 heteroatoms. The number of nitrogen functional groups attached to an aromatic ring is 1. The van der Waals surface area contributed by atoms with Crippen LogP contribution in [0.15, 0.2) is 4.21 Å². The Morgan fingerprint density at radius 1 is 1.44 bits per heavy atom. The van der Waals surface area contributed by atoms with E-state index in [4.69, 9.17) is 5.73 Å². The van der Waals surface area contributed by atoms with Gasteiger partial charge in [-0.25, -0.2) is 13.4 Å². The van der Waals surface area contributed by atoms with E-state index in [2.05, 4.69) is 9.88 Å². The van der Waals surface area contributed by atoms with Gasteiger partial charge >= 0.3 is 0 Å². The van der Waals surface area contributed by atoms with Gasteiger partial charge in [-0.2, -0.15) is 4.31 Å². The van der Waals surface area contributed by atoms with Gasteiger partial charge in [0.2, 0.25) is 0 Å². The highest BCUT2D eigenvalue weighted by molar-refractivity contribution is 7.91. The van der Waals surface area contributed by atoms with Crippen LogP contribution in [0.3, 0.4) is 0 Å². The average molecular weight is 290 g/mol. The Labute approximate surface area is 111 Å². The van der Waals surface area contributed by atoms with E-state index < -0.39 is 10.0 Å². The summed E-state index contributed by atoms with van der Waals surface area (Å²) in [6.45, 7) is 5.47. The Balaban J connectivity index is 2.29. The zero-order valence-corrected chi connectivity index (χ0v) is 12.4. The van der Waals surface area contributed by atoms with Gasteiger partial charge in [-0.05, 0) is 20.9 Å². The highest BCUT2D eigenvalue weighted by atomic mass is 32.2. The summed E-state index contributed by atoms with van der Waals surface area (Å²) in [5.74, 6) is 0. The van der Waals surface area contributed by atoms with Crippen molar-refractivity contribution in [3.63, 3.8) is 0 Å². The number of piperazine rings is 1. The van der Waals surface area contributed by atoms with Crippen molar-refractivity contribution in [2.24, 2.45) is 0 Å². The number of rotatable bonds is 2. The van der Waals surface area contributed by atoms with Crippen molar-refractivity contribution < 1.29 is 8.42 Å². The first kappa shape index (κ1) is 13.7. The van der Waals surface area contributed by atoms with Crippen molar-refractivity contribution in [2.45, 2.75) is 24.1 Å². The monoisotopic (exact) mass is 290 g/mol. The van der Waals surface area contributed by atoms with E-state index in [-0.39, 0.29) is 10.3 Å². The quantitative estimate of drug-likeness (QED) is 0.850. The number of thiazole rings is 1. The summed E-state index contributed by atoms with van der Waals surface area (Å²) in [4.78, 5) is 6.14. The summed E-state index contributed by atoms with van der Waals surface area (Å²) >= 11 is 1.04. The van der Waals surface area contributed by atoms with Gasteiger partial charge in [0, 0.05) is 25.7 Å². The molecule has 0 radical (unpaired) electrons. The molecule has 1 unspecified atom stereocenters. The Bertz CT molecular complexity index is 540. The summed E-state index contributed by atoms with van der Waals surface area (Å²) in [6.07, 6.45) is 0. The van der Waals surface area contributed by atoms with E-state index in [1.165, 1.54) is 4.31 Å². The van der Waals surface area contributed by atoms with Crippen molar-refractivity contribution in [1.82, 2.24) is 14.2 Å². The van der Waals surface area contributed by atoms with Crippen molar-refractivity contribution in [3.8, 4) is 0 Å². The molecule has 1 fully saturated rings. The molecule has 0 amide bonds. The van der Waals surface area contributed by atoms with Crippen LogP contribution in [0.2, 0.25) is 0 Å². The molecule has 2 rings (SSSR count). The van der Waals surface area contributed by atoms with Gasteiger partial charge in [-0.1, -0.05) is 11.3 Å². The summed E-state index contributed by atoms with van der Waals surface area (Å²) in [5.41, 5.74) is 6.06. The van der Waals surface area contributed by atoms with Gasteiger partial charge in [0.15, 0.2) is 9.34 Å². The molecule has 0 saturated carbocycles. The van der Waals surface area contributed by atoms with Crippen LogP contribution in [-0.4, -0.2) is 55.3 Å². The molecule has 0 aliphatic carbocycles. The molecule has 0 aromatic carbocycles. The maximum atomic E-state index is 12.5. The van der Waals surface area contributed by atoms with Gasteiger partial charge in [0.25, 0.3) is 10.0 Å². The lowest BCUT2D eigenvalue weighted by Crippen LogP contribution is -2.51. The predicted octanol–water partition coefficient (Wildman–Crippen LogP) is 0.358. The number of hydrogen-bond donors (Lipinski definition) is 1. The summed E-state index contributed by atoms with van der Waals surface area (Å²) in [6, 6.07) is 0.221. The first-order chi connectivity index (χ1) is 8.32. The number of aryl methyl sites for hydroxylation is 1. The van der Waals surface area contributed by atoms with Gasteiger partial charge in [0.05, 0.1) is 5.69 Å². The molecule has 1 aromatic heterocycles. The highest BCUT2D eigenvalue weighted by Crippen LogP contribution is 2.29. The van der Waals surface area contributed by atoms with Crippen LogP contribution in [-0.2, 0) is 10.0 Å². The second kappa shape index (κ2) is 4.76. The van der Waals surface area contributed by atoms with Crippen LogP contribution in [0.1, 0.15) is 12.6 Å². The van der Waals surface area contributed by atoms with Crippen LogP contribution in [0.25, 0.3) is 0 Å². The smallest absolute Gasteiger partial charge is 0.254 e. The molecule has 2 N–H and O–H groups in total. The Morgan fingerprint density at radius 3 is 2.61 bits per heavy atom. The molecule has 1 atom stereocenters. The fourth-order valence-electron chi connectivity index (χ4n) is 1.99. The molecule has 1 aliphatic heterocycles. The molecule has 6 nitrogen and oxygen atoms in total. The number of likely N-dealkylation sites (N-methyl/N-ethyl adjacent to an activating group) is 1. The van der Waals surface area contributed by atoms with E-state index >= 15 is 0 Å². The lowest BCUT2D eigenvalue weighted by atomic mass is 10.2. The minimum Gasteiger partial charge on any atom is -0.375 e. The Morgan fingerprint density at radius 2 is 2.11 bits per heavy atom. The van der Waals surface area contributed by atoms with E-state index in [1.807, 2.05) is 14.0 Å². The fraction of sp³-hybridized carbons (Fsp3) is 0.700. The summed E-state index contributed by atoms with van der Waals surface area (Å²) in [5, 5.41) is 0.299.